The topological polar surface area (TPSA) is 46.5 Å². The molecule has 0 radical (unpaired) electrons. The summed E-state index contributed by atoms with van der Waals surface area (Å²) in [6.45, 7) is 3.59. The van der Waals surface area contributed by atoms with Gasteiger partial charge in [-0.05, 0) is 37.6 Å². The number of carbonyl (C=O) groups is 1. The highest BCUT2D eigenvalue weighted by Gasteiger charge is 2.20. The van der Waals surface area contributed by atoms with Crippen molar-refractivity contribution in [2.45, 2.75) is 32.5 Å². The minimum absolute atomic E-state index is 0.147. The molecule has 1 rings (SSSR count). The molecule has 0 bridgehead atoms. The van der Waals surface area contributed by atoms with Crippen molar-refractivity contribution in [2.24, 2.45) is 0 Å². The van der Waals surface area contributed by atoms with Crippen LogP contribution in [-0.4, -0.2) is 23.3 Å². The zero-order valence-electron chi connectivity index (χ0n) is 9.61. The Balaban J connectivity index is 2.82. The highest BCUT2D eigenvalue weighted by Crippen LogP contribution is 2.20. The highest BCUT2D eigenvalue weighted by molar-refractivity contribution is 6.34. The van der Waals surface area contributed by atoms with Gasteiger partial charge in [-0.3, -0.25) is 0 Å². The molecule has 1 aromatic carbocycles. The molecule has 1 atom stereocenters. The quantitative estimate of drug-likeness (QED) is 0.897. The number of benzene rings is 1. The Morgan fingerprint density at radius 2 is 1.82 bits per heavy atom. The maximum absolute atomic E-state index is 11.0. The Kier molecular flexibility index (Phi) is 5.25. The lowest BCUT2D eigenvalue weighted by molar-refractivity contribution is -0.153. The van der Waals surface area contributed by atoms with Crippen molar-refractivity contribution in [2.75, 3.05) is 0 Å². The van der Waals surface area contributed by atoms with Crippen LogP contribution in [-0.2, 0) is 16.0 Å². The lowest BCUT2D eigenvalue weighted by Gasteiger charge is -2.16. The van der Waals surface area contributed by atoms with Gasteiger partial charge in [0, 0.05) is 16.5 Å². The number of halogens is 2. The molecule has 0 saturated heterocycles. The average molecular weight is 277 g/mol. The molecule has 17 heavy (non-hydrogen) atoms. The number of aliphatic carboxylic acids is 1. The largest absolute Gasteiger partial charge is 0.479 e. The Labute approximate surface area is 110 Å². The standard InChI is InChI=1S/C12H14Cl2O3/c1-7(2)17-11(12(15)16)5-8-3-9(13)6-10(14)4-8/h3-4,6-7,11H,5H2,1-2H3,(H,15,16)/t11-/m1/s1. The molecule has 0 aromatic heterocycles. The van der Waals surface area contributed by atoms with Crippen molar-refractivity contribution < 1.29 is 14.6 Å². The summed E-state index contributed by atoms with van der Waals surface area (Å²) < 4.78 is 5.31. The van der Waals surface area contributed by atoms with Gasteiger partial charge in [-0.2, -0.15) is 0 Å². The average Bonchev–Trinajstić information content (AvgIpc) is 2.13. The van der Waals surface area contributed by atoms with E-state index in [1.54, 1.807) is 32.0 Å². The number of hydrogen-bond acceptors (Lipinski definition) is 2. The molecule has 94 valence electrons. The molecule has 3 nitrogen and oxygen atoms in total. The zero-order chi connectivity index (χ0) is 13.0. The molecule has 5 heteroatoms. The molecular weight excluding hydrogens is 263 g/mol. The first-order valence-corrected chi connectivity index (χ1v) is 5.97. The van der Waals surface area contributed by atoms with E-state index < -0.39 is 12.1 Å². The Hall–Kier alpha value is -0.770. The smallest absolute Gasteiger partial charge is 0.333 e. The summed E-state index contributed by atoms with van der Waals surface area (Å²) in [6, 6.07) is 4.98. The highest BCUT2D eigenvalue weighted by atomic mass is 35.5. The SMILES string of the molecule is CC(C)O[C@H](Cc1cc(Cl)cc(Cl)c1)C(=O)O. The molecule has 0 amide bonds. The monoisotopic (exact) mass is 276 g/mol. The molecule has 1 aromatic rings. The van der Waals surface area contributed by atoms with E-state index in [4.69, 9.17) is 33.0 Å². The van der Waals surface area contributed by atoms with E-state index in [9.17, 15) is 4.79 Å². The molecule has 0 aliphatic rings. The van der Waals surface area contributed by atoms with Crippen LogP contribution in [0.2, 0.25) is 10.0 Å². The molecule has 0 saturated carbocycles. The molecule has 0 aliphatic heterocycles. The molecule has 0 fully saturated rings. The summed E-state index contributed by atoms with van der Waals surface area (Å²) >= 11 is 11.7. The number of rotatable bonds is 5. The fourth-order valence-corrected chi connectivity index (χ4v) is 2.04. The van der Waals surface area contributed by atoms with Gasteiger partial charge in [0.15, 0.2) is 6.10 Å². The van der Waals surface area contributed by atoms with Crippen LogP contribution in [0.25, 0.3) is 0 Å². The first kappa shape index (κ1) is 14.3. The fourth-order valence-electron chi connectivity index (χ4n) is 1.47. The van der Waals surface area contributed by atoms with Crippen LogP contribution in [0.1, 0.15) is 19.4 Å². The second-order valence-electron chi connectivity index (χ2n) is 3.99. The van der Waals surface area contributed by atoms with Crippen LogP contribution >= 0.6 is 23.2 Å². The summed E-state index contributed by atoms with van der Waals surface area (Å²) in [5.41, 5.74) is 0.746. The predicted molar refractivity (Wildman–Crippen MR) is 67.8 cm³/mol. The van der Waals surface area contributed by atoms with Crippen molar-refractivity contribution in [1.29, 1.82) is 0 Å². The Morgan fingerprint density at radius 3 is 2.24 bits per heavy atom. The first-order valence-electron chi connectivity index (χ1n) is 5.21. The van der Waals surface area contributed by atoms with Gasteiger partial charge in [-0.15, -0.1) is 0 Å². The van der Waals surface area contributed by atoms with Crippen molar-refractivity contribution in [3.05, 3.63) is 33.8 Å². The van der Waals surface area contributed by atoms with Gasteiger partial charge >= 0.3 is 5.97 Å². The molecule has 0 heterocycles. The summed E-state index contributed by atoms with van der Waals surface area (Å²) in [6.07, 6.45) is -0.788. The minimum atomic E-state index is -0.991. The Bertz CT molecular complexity index is 384. The lowest BCUT2D eigenvalue weighted by Crippen LogP contribution is -2.29. The first-order chi connectivity index (χ1) is 7.88. The van der Waals surface area contributed by atoms with E-state index in [1.807, 2.05) is 0 Å². The molecular formula is C12H14Cl2O3. The fraction of sp³-hybridized carbons (Fsp3) is 0.417. The Morgan fingerprint density at radius 1 is 1.29 bits per heavy atom. The van der Waals surface area contributed by atoms with Gasteiger partial charge in [-0.25, -0.2) is 4.79 Å². The van der Waals surface area contributed by atoms with Crippen LogP contribution in [0.5, 0.6) is 0 Å². The summed E-state index contributed by atoms with van der Waals surface area (Å²) in [5.74, 6) is -0.991. The second-order valence-corrected chi connectivity index (χ2v) is 4.87. The molecule has 1 N–H and O–H groups in total. The van der Waals surface area contributed by atoms with Gasteiger partial charge in [0.1, 0.15) is 0 Å². The number of hydrogen-bond donors (Lipinski definition) is 1. The third kappa shape index (κ3) is 4.94. The van der Waals surface area contributed by atoms with E-state index in [-0.39, 0.29) is 12.5 Å². The predicted octanol–water partition coefficient (Wildman–Crippen LogP) is 3.41. The van der Waals surface area contributed by atoms with Crippen molar-refractivity contribution >= 4 is 29.2 Å². The van der Waals surface area contributed by atoms with Crippen molar-refractivity contribution in [1.82, 2.24) is 0 Å². The summed E-state index contributed by atoms with van der Waals surface area (Å²) in [4.78, 5) is 11.0. The maximum Gasteiger partial charge on any atom is 0.333 e. The van der Waals surface area contributed by atoms with Crippen molar-refractivity contribution in [3.63, 3.8) is 0 Å². The number of carboxylic acid groups (broad SMARTS) is 1. The van der Waals surface area contributed by atoms with Crippen LogP contribution < -0.4 is 0 Å². The molecule has 0 unspecified atom stereocenters. The second kappa shape index (κ2) is 6.24. The van der Waals surface area contributed by atoms with E-state index in [1.165, 1.54) is 0 Å². The zero-order valence-corrected chi connectivity index (χ0v) is 11.1. The van der Waals surface area contributed by atoms with E-state index in [0.717, 1.165) is 5.56 Å². The van der Waals surface area contributed by atoms with Crippen LogP contribution in [0.3, 0.4) is 0 Å². The van der Waals surface area contributed by atoms with Crippen LogP contribution in [0, 0.1) is 0 Å². The van der Waals surface area contributed by atoms with Crippen molar-refractivity contribution in [3.8, 4) is 0 Å². The third-order valence-electron chi connectivity index (χ3n) is 2.06. The van der Waals surface area contributed by atoms with E-state index in [2.05, 4.69) is 0 Å². The number of ether oxygens (including phenoxy) is 1. The van der Waals surface area contributed by atoms with Crippen LogP contribution in [0.15, 0.2) is 18.2 Å². The van der Waals surface area contributed by atoms with Gasteiger partial charge < -0.3 is 9.84 Å². The van der Waals surface area contributed by atoms with Crippen LogP contribution in [0.4, 0.5) is 0 Å². The lowest BCUT2D eigenvalue weighted by atomic mass is 10.1. The van der Waals surface area contributed by atoms with Gasteiger partial charge in [-0.1, -0.05) is 23.2 Å². The molecule has 0 spiro atoms. The van der Waals surface area contributed by atoms with Gasteiger partial charge in [0.25, 0.3) is 0 Å². The third-order valence-corrected chi connectivity index (χ3v) is 2.49. The minimum Gasteiger partial charge on any atom is -0.479 e. The number of carboxylic acids is 1. The van der Waals surface area contributed by atoms with E-state index in [0.29, 0.717) is 10.0 Å². The van der Waals surface area contributed by atoms with Gasteiger partial charge in [0.05, 0.1) is 6.10 Å². The summed E-state index contributed by atoms with van der Waals surface area (Å²) in [7, 11) is 0. The maximum atomic E-state index is 11.0. The normalized spacial score (nSPS) is 12.8. The summed E-state index contributed by atoms with van der Waals surface area (Å²) in [5, 5.41) is 10.0. The molecule has 0 aliphatic carbocycles. The van der Waals surface area contributed by atoms with Gasteiger partial charge in [0.2, 0.25) is 0 Å². The van der Waals surface area contributed by atoms with E-state index >= 15 is 0 Å².